The van der Waals surface area contributed by atoms with Gasteiger partial charge in [0.15, 0.2) is 0 Å². The van der Waals surface area contributed by atoms with Crippen molar-refractivity contribution in [1.29, 1.82) is 0 Å². The summed E-state index contributed by atoms with van der Waals surface area (Å²) in [6.07, 6.45) is -0.307. The number of piperidine rings is 1. The fourth-order valence-corrected chi connectivity index (χ4v) is 4.15. The van der Waals surface area contributed by atoms with Gasteiger partial charge in [-0.15, -0.1) is 0 Å². The van der Waals surface area contributed by atoms with Crippen molar-refractivity contribution in [2.75, 3.05) is 51.3 Å². The monoisotopic (exact) mass is 372 g/mol. The van der Waals surface area contributed by atoms with Gasteiger partial charge < -0.3 is 14.9 Å². The van der Waals surface area contributed by atoms with E-state index in [1.54, 1.807) is 4.90 Å². The maximum atomic E-state index is 13.3. The zero-order chi connectivity index (χ0) is 18.7. The number of nitrogens with zero attached hydrogens (tertiary/aromatic N) is 4. The summed E-state index contributed by atoms with van der Waals surface area (Å²) in [6, 6.07) is 2.90. The molecule has 146 valence electrons. The number of hydrogen-bond acceptors (Lipinski definition) is 5. The third-order valence-electron chi connectivity index (χ3n) is 5.54. The highest BCUT2D eigenvalue weighted by Gasteiger charge is 2.39. The largest absolute Gasteiger partial charge is 0.419 e. The van der Waals surface area contributed by atoms with Gasteiger partial charge in [0.05, 0.1) is 5.56 Å². The van der Waals surface area contributed by atoms with E-state index in [9.17, 15) is 18.3 Å². The van der Waals surface area contributed by atoms with Gasteiger partial charge in [0.1, 0.15) is 5.82 Å². The first-order chi connectivity index (χ1) is 12.4. The number of aliphatic hydroxyl groups is 1. The maximum absolute atomic E-state index is 13.3. The van der Waals surface area contributed by atoms with Crippen molar-refractivity contribution in [3.05, 3.63) is 23.9 Å². The molecule has 26 heavy (non-hydrogen) atoms. The van der Waals surface area contributed by atoms with E-state index in [4.69, 9.17) is 0 Å². The average molecular weight is 372 g/mol. The lowest BCUT2D eigenvalue weighted by Crippen LogP contribution is -2.59. The molecule has 3 heterocycles. The predicted octanol–water partition coefficient (Wildman–Crippen LogP) is 2.07. The summed E-state index contributed by atoms with van der Waals surface area (Å²) >= 11 is 0. The average Bonchev–Trinajstić information content (AvgIpc) is 2.62. The minimum Gasteiger partial charge on any atom is -0.396 e. The molecule has 8 heteroatoms. The molecule has 0 unspecified atom stereocenters. The molecule has 0 aliphatic carbocycles. The lowest BCUT2D eigenvalue weighted by Gasteiger charge is -2.47. The van der Waals surface area contributed by atoms with E-state index in [0.717, 1.165) is 32.0 Å². The first-order valence-corrected chi connectivity index (χ1v) is 9.22. The van der Waals surface area contributed by atoms with Gasteiger partial charge in [-0.1, -0.05) is 0 Å². The van der Waals surface area contributed by atoms with Gasteiger partial charge in [-0.25, -0.2) is 4.98 Å². The molecule has 2 fully saturated rings. The van der Waals surface area contributed by atoms with Gasteiger partial charge in [0.25, 0.3) is 0 Å². The second kappa shape index (κ2) is 8.10. The Morgan fingerprint density at radius 2 is 1.92 bits per heavy atom. The SMILES string of the molecule is CN1CCC(N2CCN(c3ncccc3C(F)(F)F)C[C@@H]2CCO)CC1. The van der Waals surface area contributed by atoms with E-state index in [2.05, 4.69) is 21.8 Å². The lowest BCUT2D eigenvalue weighted by molar-refractivity contribution is -0.137. The van der Waals surface area contributed by atoms with E-state index in [0.29, 0.717) is 32.1 Å². The molecule has 2 aliphatic heterocycles. The third kappa shape index (κ3) is 4.29. The van der Waals surface area contributed by atoms with Crippen LogP contribution in [0.3, 0.4) is 0 Å². The minimum absolute atomic E-state index is 0.00553. The zero-order valence-electron chi connectivity index (χ0n) is 15.1. The predicted molar refractivity (Wildman–Crippen MR) is 94.2 cm³/mol. The van der Waals surface area contributed by atoms with Crippen LogP contribution >= 0.6 is 0 Å². The molecule has 2 aliphatic rings. The van der Waals surface area contributed by atoms with Crippen molar-refractivity contribution in [1.82, 2.24) is 14.8 Å². The molecule has 0 radical (unpaired) electrons. The Balaban J connectivity index is 1.76. The van der Waals surface area contributed by atoms with Crippen molar-refractivity contribution >= 4 is 5.82 Å². The number of aliphatic hydroxyl groups excluding tert-OH is 1. The lowest BCUT2D eigenvalue weighted by atomic mass is 9.98. The first kappa shape index (κ1) is 19.4. The number of pyridine rings is 1. The number of aromatic nitrogens is 1. The second-order valence-corrected chi connectivity index (χ2v) is 7.26. The van der Waals surface area contributed by atoms with Crippen molar-refractivity contribution < 1.29 is 18.3 Å². The fraction of sp³-hybridized carbons (Fsp3) is 0.722. The topological polar surface area (TPSA) is 42.8 Å². The Labute approximate surface area is 152 Å². The van der Waals surface area contributed by atoms with Crippen molar-refractivity contribution in [3.63, 3.8) is 0 Å². The van der Waals surface area contributed by atoms with Crippen LogP contribution in [0.25, 0.3) is 0 Å². The number of hydrogen-bond donors (Lipinski definition) is 1. The molecule has 0 aromatic carbocycles. The summed E-state index contributed by atoms with van der Waals surface area (Å²) in [6.45, 7) is 3.80. The quantitative estimate of drug-likeness (QED) is 0.877. The van der Waals surface area contributed by atoms with E-state index in [1.807, 2.05) is 0 Å². The van der Waals surface area contributed by atoms with E-state index < -0.39 is 11.7 Å². The van der Waals surface area contributed by atoms with Crippen LogP contribution < -0.4 is 4.90 Å². The molecule has 1 N–H and O–H groups in total. The molecule has 3 rings (SSSR count). The number of likely N-dealkylation sites (tertiary alicyclic amines) is 1. The number of piperazine rings is 1. The molecule has 1 atom stereocenters. The summed E-state index contributed by atoms with van der Waals surface area (Å²) in [4.78, 5) is 10.5. The Morgan fingerprint density at radius 1 is 1.19 bits per heavy atom. The molecule has 0 amide bonds. The van der Waals surface area contributed by atoms with Crippen LogP contribution in [0.4, 0.5) is 19.0 Å². The maximum Gasteiger partial charge on any atom is 0.419 e. The van der Waals surface area contributed by atoms with E-state index in [-0.39, 0.29) is 18.5 Å². The van der Waals surface area contributed by atoms with Crippen molar-refractivity contribution in [3.8, 4) is 0 Å². The zero-order valence-corrected chi connectivity index (χ0v) is 15.1. The molecule has 1 aromatic rings. The number of rotatable bonds is 4. The highest BCUT2D eigenvalue weighted by atomic mass is 19.4. The molecule has 0 spiro atoms. The third-order valence-corrected chi connectivity index (χ3v) is 5.54. The van der Waals surface area contributed by atoms with Crippen LogP contribution in [0, 0.1) is 0 Å². The molecule has 0 bridgehead atoms. The number of halogens is 3. The Kier molecular flexibility index (Phi) is 6.04. The van der Waals surface area contributed by atoms with Gasteiger partial charge in [-0.2, -0.15) is 13.2 Å². The summed E-state index contributed by atoms with van der Waals surface area (Å²) in [7, 11) is 2.11. The number of alkyl halides is 3. The van der Waals surface area contributed by atoms with Crippen LogP contribution in [0.2, 0.25) is 0 Å². The van der Waals surface area contributed by atoms with Crippen LogP contribution in [-0.4, -0.2) is 78.4 Å². The summed E-state index contributed by atoms with van der Waals surface area (Å²) in [5, 5.41) is 9.47. The van der Waals surface area contributed by atoms with Crippen molar-refractivity contribution in [2.45, 2.75) is 37.5 Å². The van der Waals surface area contributed by atoms with E-state index in [1.165, 1.54) is 12.3 Å². The van der Waals surface area contributed by atoms with Gasteiger partial charge >= 0.3 is 6.18 Å². The first-order valence-electron chi connectivity index (χ1n) is 9.22. The normalized spacial score (nSPS) is 24.2. The smallest absolute Gasteiger partial charge is 0.396 e. The standard InChI is InChI=1S/C18H27F3N4O/c1-23-8-4-14(5-9-23)25-11-10-24(13-15(25)6-12-26)17-16(18(19,20)21)3-2-7-22-17/h2-3,7,14-15,26H,4-6,8-13H2,1H3/t15-/m0/s1. The Morgan fingerprint density at radius 3 is 2.58 bits per heavy atom. The summed E-state index contributed by atoms with van der Waals surface area (Å²) in [5.41, 5.74) is -0.685. The van der Waals surface area contributed by atoms with Crippen LogP contribution in [0.15, 0.2) is 18.3 Å². The number of anilines is 1. The van der Waals surface area contributed by atoms with Gasteiger partial charge in [-0.05, 0) is 51.5 Å². The van der Waals surface area contributed by atoms with Gasteiger partial charge in [0.2, 0.25) is 0 Å². The highest BCUT2D eigenvalue weighted by molar-refractivity contribution is 5.49. The molecule has 1 aromatic heterocycles. The molecular weight excluding hydrogens is 345 g/mol. The van der Waals surface area contributed by atoms with Crippen LogP contribution in [-0.2, 0) is 6.18 Å². The second-order valence-electron chi connectivity index (χ2n) is 7.26. The van der Waals surface area contributed by atoms with Gasteiger partial charge in [-0.3, -0.25) is 4.90 Å². The minimum atomic E-state index is -4.42. The molecular formula is C18H27F3N4O. The van der Waals surface area contributed by atoms with Crippen LogP contribution in [0.1, 0.15) is 24.8 Å². The van der Waals surface area contributed by atoms with E-state index >= 15 is 0 Å². The summed E-state index contributed by atoms with van der Waals surface area (Å²) in [5.74, 6) is 0.00553. The highest BCUT2D eigenvalue weighted by Crippen LogP contribution is 2.36. The van der Waals surface area contributed by atoms with Crippen molar-refractivity contribution in [2.24, 2.45) is 0 Å². The van der Waals surface area contributed by atoms with Gasteiger partial charge in [0, 0.05) is 44.5 Å². The molecule has 0 saturated carbocycles. The molecule has 2 saturated heterocycles. The fourth-order valence-electron chi connectivity index (χ4n) is 4.15. The van der Waals surface area contributed by atoms with Crippen LogP contribution in [0.5, 0.6) is 0 Å². The Hall–Kier alpha value is -1.38. The Bertz CT molecular complexity index is 590. The summed E-state index contributed by atoms with van der Waals surface area (Å²) < 4.78 is 40.0. The molecule has 5 nitrogen and oxygen atoms in total.